The highest BCUT2D eigenvalue weighted by Gasteiger charge is 2.40. The fraction of sp³-hybridized carbons (Fsp3) is 0.800. The Morgan fingerprint density at radius 1 is 1.36 bits per heavy atom. The lowest BCUT2D eigenvalue weighted by Gasteiger charge is -2.18. The molecule has 0 aromatic heterocycles. The summed E-state index contributed by atoms with van der Waals surface area (Å²) in [4.78, 5) is 0. The van der Waals surface area contributed by atoms with Gasteiger partial charge in [0.1, 0.15) is 0 Å². The van der Waals surface area contributed by atoms with Crippen LogP contribution in [-0.2, 0) is 4.74 Å². The summed E-state index contributed by atoms with van der Waals surface area (Å²) >= 11 is 0. The molecule has 2 fully saturated rings. The van der Waals surface area contributed by atoms with Crippen LogP contribution in [0.5, 0.6) is 0 Å². The van der Waals surface area contributed by atoms with Gasteiger partial charge < -0.3 is 4.74 Å². The molecule has 2 aliphatic rings. The maximum Gasteiger partial charge on any atom is 0.0986 e. The summed E-state index contributed by atoms with van der Waals surface area (Å²) < 4.78 is 5.68. The van der Waals surface area contributed by atoms with Gasteiger partial charge in [0, 0.05) is 11.3 Å². The molecular formula is C10H16O. The van der Waals surface area contributed by atoms with E-state index in [4.69, 9.17) is 4.74 Å². The second kappa shape index (κ2) is 2.02. The van der Waals surface area contributed by atoms with Crippen LogP contribution in [0.4, 0.5) is 0 Å². The third kappa shape index (κ3) is 1.07. The molecule has 0 amide bonds. The van der Waals surface area contributed by atoms with Gasteiger partial charge in [-0.15, -0.1) is 0 Å². The molecule has 62 valence electrons. The zero-order valence-electron chi connectivity index (χ0n) is 7.61. The number of rotatable bonds is 0. The van der Waals surface area contributed by atoms with E-state index >= 15 is 0 Å². The Morgan fingerprint density at radius 2 is 2.00 bits per heavy atom. The first-order valence-electron chi connectivity index (χ1n) is 4.46. The van der Waals surface area contributed by atoms with Gasteiger partial charge >= 0.3 is 0 Å². The van der Waals surface area contributed by atoms with Gasteiger partial charge in [0.05, 0.1) is 12.4 Å². The summed E-state index contributed by atoms with van der Waals surface area (Å²) in [6.45, 7) is 7.77. The second-order valence-electron chi connectivity index (χ2n) is 4.47. The molecule has 1 saturated heterocycles. The first kappa shape index (κ1) is 7.20. The summed E-state index contributed by atoms with van der Waals surface area (Å²) in [6, 6.07) is 0. The van der Waals surface area contributed by atoms with E-state index in [0.717, 1.165) is 6.61 Å². The fourth-order valence-corrected chi connectivity index (χ4v) is 1.59. The van der Waals surface area contributed by atoms with Crippen LogP contribution in [0.15, 0.2) is 11.3 Å². The average molecular weight is 152 g/mol. The third-order valence-corrected chi connectivity index (χ3v) is 3.01. The maximum absolute atomic E-state index is 5.68. The van der Waals surface area contributed by atoms with Crippen molar-refractivity contribution in [3.8, 4) is 0 Å². The highest BCUT2D eigenvalue weighted by atomic mass is 16.5. The van der Waals surface area contributed by atoms with Crippen LogP contribution in [0.2, 0.25) is 0 Å². The van der Waals surface area contributed by atoms with Crippen molar-refractivity contribution < 1.29 is 4.74 Å². The Morgan fingerprint density at radius 3 is 2.36 bits per heavy atom. The SMILES string of the molecule is CC1C(=C2CC2)OCC1(C)C. The van der Waals surface area contributed by atoms with Crippen molar-refractivity contribution >= 4 is 0 Å². The van der Waals surface area contributed by atoms with Crippen molar-refractivity contribution in [1.82, 2.24) is 0 Å². The van der Waals surface area contributed by atoms with E-state index in [2.05, 4.69) is 20.8 Å². The van der Waals surface area contributed by atoms with Crippen LogP contribution < -0.4 is 0 Å². The van der Waals surface area contributed by atoms with Gasteiger partial charge in [-0.3, -0.25) is 0 Å². The Labute approximate surface area is 68.4 Å². The van der Waals surface area contributed by atoms with Gasteiger partial charge in [0.2, 0.25) is 0 Å². The molecule has 0 aromatic carbocycles. The topological polar surface area (TPSA) is 9.23 Å². The summed E-state index contributed by atoms with van der Waals surface area (Å²) in [5.74, 6) is 1.95. The largest absolute Gasteiger partial charge is 0.497 e. The Balaban J connectivity index is 2.24. The lowest BCUT2D eigenvalue weighted by Crippen LogP contribution is -2.18. The van der Waals surface area contributed by atoms with Crippen molar-refractivity contribution in [2.75, 3.05) is 6.61 Å². The van der Waals surface area contributed by atoms with Crippen molar-refractivity contribution in [2.24, 2.45) is 11.3 Å². The van der Waals surface area contributed by atoms with E-state index in [1.807, 2.05) is 0 Å². The van der Waals surface area contributed by atoms with E-state index in [9.17, 15) is 0 Å². The minimum atomic E-state index is 0.366. The Hall–Kier alpha value is -0.460. The molecule has 0 spiro atoms. The maximum atomic E-state index is 5.68. The molecule has 0 bridgehead atoms. The summed E-state index contributed by atoms with van der Waals surface area (Å²) in [7, 11) is 0. The van der Waals surface area contributed by atoms with Gasteiger partial charge in [0.15, 0.2) is 0 Å². The molecular weight excluding hydrogens is 136 g/mol. The van der Waals surface area contributed by atoms with Crippen LogP contribution in [0.1, 0.15) is 33.6 Å². The van der Waals surface area contributed by atoms with Gasteiger partial charge in [-0.05, 0) is 18.4 Å². The van der Waals surface area contributed by atoms with E-state index in [-0.39, 0.29) is 0 Å². The first-order chi connectivity index (χ1) is 5.11. The summed E-state index contributed by atoms with van der Waals surface area (Å²) in [5.41, 5.74) is 1.94. The van der Waals surface area contributed by atoms with Crippen molar-refractivity contribution in [1.29, 1.82) is 0 Å². The average Bonchev–Trinajstić information content (AvgIpc) is 2.67. The molecule has 1 nitrogen and oxygen atoms in total. The smallest absolute Gasteiger partial charge is 0.0986 e. The Kier molecular flexibility index (Phi) is 1.33. The molecule has 1 unspecified atom stereocenters. The monoisotopic (exact) mass is 152 g/mol. The van der Waals surface area contributed by atoms with Crippen molar-refractivity contribution in [2.45, 2.75) is 33.6 Å². The summed E-state index contributed by atoms with van der Waals surface area (Å²) in [6.07, 6.45) is 2.57. The van der Waals surface area contributed by atoms with Crippen molar-refractivity contribution in [3.63, 3.8) is 0 Å². The van der Waals surface area contributed by atoms with E-state index < -0.39 is 0 Å². The molecule has 1 heterocycles. The predicted molar refractivity (Wildman–Crippen MR) is 45.2 cm³/mol. The number of allylic oxidation sites excluding steroid dienone is 2. The molecule has 1 atom stereocenters. The minimum Gasteiger partial charge on any atom is -0.497 e. The highest BCUT2D eigenvalue weighted by Crippen LogP contribution is 2.46. The minimum absolute atomic E-state index is 0.366. The quantitative estimate of drug-likeness (QED) is 0.518. The zero-order valence-corrected chi connectivity index (χ0v) is 7.61. The fourth-order valence-electron chi connectivity index (χ4n) is 1.59. The first-order valence-corrected chi connectivity index (χ1v) is 4.46. The van der Waals surface area contributed by atoms with Gasteiger partial charge in [-0.2, -0.15) is 0 Å². The molecule has 2 rings (SSSR count). The number of hydrogen-bond acceptors (Lipinski definition) is 1. The third-order valence-electron chi connectivity index (χ3n) is 3.01. The molecule has 11 heavy (non-hydrogen) atoms. The highest BCUT2D eigenvalue weighted by molar-refractivity contribution is 5.25. The van der Waals surface area contributed by atoms with Gasteiger partial charge in [-0.25, -0.2) is 0 Å². The predicted octanol–water partition coefficient (Wildman–Crippen LogP) is 2.73. The molecule has 1 saturated carbocycles. The molecule has 0 aromatic rings. The number of ether oxygens (including phenoxy) is 1. The van der Waals surface area contributed by atoms with Crippen LogP contribution in [0.25, 0.3) is 0 Å². The molecule has 1 aliphatic heterocycles. The van der Waals surface area contributed by atoms with Crippen LogP contribution in [-0.4, -0.2) is 6.61 Å². The molecule has 0 radical (unpaired) electrons. The lowest BCUT2D eigenvalue weighted by atomic mass is 9.82. The van der Waals surface area contributed by atoms with Crippen molar-refractivity contribution in [3.05, 3.63) is 11.3 Å². The van der Waals surface area contributed by atoms with E-state index in [0.29, 0.717) is 11.3 Å². The van der Waals surface area contributed by atoms with E-state index in [1.165, 1.54) is 18.6 Å². The van der Waals surface area contributed by atoms with Gasteiger partial charge in [0.25, 0.3) is 0 Å². The Bertz CT molecular complexity index is 207. The zero-order chi connectivity index (χ0) is 8.06. The molecule has 1 aliphatic carbocycles. The van der Waals surface area contributed by atoms with E-state index in [1.54, 1.807) is 5.57 Å². The summed E-state index contributed by atoms with van der Waals surface area (Å²) in [5, 5.41) is 0. The molecule has 0 N–H and O–H groups in total. The van der Waals surface area contributed by atoms with Crippen LogP contribution >= 0.6 is 0 Å². The lowest BCUT2D eigenvalue weighted by molar-refractivity contribution is 0.201. The second-order valence-corrected chi connectivity index (χ2v) is 4.47. The molecule has 1 heteroatoms. The van der Waals surface area contributed by atoms with Gasteiger partial charge in [-0.1, -0.05) is 20.8 Å². The van der Waals surface area contributed by atoms with Crippen LogP contribution in [0.3, 0.4) is 0 Å². The number of hydrogen-bond donors (Lipinski definition) is 0. The standard InChI is InChI=1S/C10H16O/c1-7-9(8-4-5-8)11-6-10(7,2)3/h7H,4-6H2,1-3H3. The van der Waals surface area contributed by atoms with Crippen LogP contribution in [0, 0.1) is 11.3 Å². The normalized spacial score (nSPS) is 33.9.